The number of esters is 1. The van der Waals surface area contributed by atoms with Crippen LogP contribution in [0.4, 0.5) is 4.39 Å². The Balaban J connectivity index is 1.90. The number of nitrogens with one attached hydrogen (secondary N) is 1. The van der Waals surface area contributed by atoms with Crippen LogP contribution in [-0.2, 0) is 27.8 Å². The molecular weight excluding hydrogens is 399 g/mol. The van der Waals surface area contributed by atoms with E-state index in [9.17, 15) is 14.0 Å². The van der Waals surface area contributed by atoms with E-state index in [2.05, 4.69) is 10.4 Å². The van der Waals surface area contributed by atoms with E-state index < -0.39 is 24.0 Å². The maximum absolute atomic E-state index is 13.1. The first kappa shape index (κ1) is 21.0. The van der Waals surface area contributed by atoms with Gasteiger partial charge in [0.1, 0.15) is 17.5 Å². The standard InChI is InChI=1S/C20H22ClFN4O3/c1-3-15-16(18-14(21)10-24-26(18)2)17(20(28)29-15)19(27)25-13(9-23)8-11-4-6-12(22)7-5-11/h4-7,10,13,15H,3,8-9,23H2,1-2H3,(H,25,27)/t13-,15?/m0/s1. The van der Waals surface area contributed by atoms with Crippen molar-refractivity contribution < 1.29 is 18.7 Å². The molecule has 154 valence electrons. The van der Waals surface area contributed by atoms with Gasteiger partial charge in [0.05, 0.1) is 16.9 Å². The van der Waals surface area contributed by atoms with Crippen LogP contribution in [-0.4, -0.2) is 40.3 Å². The zero-order valence-corrected chi connectivity index (χ0v) is 16.9. The number of cyclic esters (lactones) is 1. The summed E-state index contributed by atoms with van der Waals surface area (Å²) in [4.78, 5) is 25.5. The van der Waals surface area contributed by atoms with Crippen LogP contribution in [0.15, 0.2) is 36.0 Å². The number of aryl methyl sites for hydroxylation is 1. The third-order valence-corrected chi connectivity index (χ3v) is 5.08. The molecule has 0 radical (unpaired) electrons. The summed E-state index contributed by atoms with van der Waals surface area (Å²) < 4.78 is 20.0. The molecule has 1 aliphatic rings. The lowest BCUT2D eigenvalue weighted by atomic mass is 9.98. The van der Waals surface area contributed by atoms with Crippen molar-refractivity contribution in [3.8, 4) is 0 Å². The molecule has 0 spiro atoms. The van der Waals surface area contributed by atoms with Crippen molar-refractivity contribution in [2.45, 2.75) is 31.9 Å². The molecule has 0 saturated heterocycles. The fourth-order valence-corrected chi connectivity index (χ4v) is 3.63. The van der Waals surface area contributed by atoms with Crippen molar-refractivity contribution in [1.82, 2.24) is 15.1 Å². The number of halogens is 2. The van der Waals surface area contributed by atoms with E-state index in [4.69, 9.17) is 22.1 Å². The monoisotopic (exact) mass is 420 g/mol. The highest BCUT2D eigenvalue weighted by molar-refractivity contribution is 6.33. The number of hydrogen-bond acceptors (Lipinski definition) is 5. The van der Waals surface area contributed by atoms with Crippen LogP contribution in [0.5, 0.6) is 0 Å². The van der Waals surface area contributed by atoms with E-state index in [1.54, 1.807) is 19.2 Å². The van der Waals surface area contributed by atoms with E-state index >= 15 is 0 Å². The third-order valence-electron chi connectivity index (χ3n) is 4.81. The Labute approximate surface area is 172 Å². The van der Waals surface area contributed by atoms with E-state index in [-0.39, 0.29) is 17.9 Å². The lowest BCUT2D eigenvalue weighted by Crippen LogP contribution is -2.43. The van der Waals surface area contributed by atoms with E-state index in [0.29, 0.717) is 29.1 Å². The molecule has 1 amide bonds. The summed E-state index contributed by atoms with van der Waals surface area (Å²) in [6.07, 6.45) is 1.73. The summed E-state index contributed by atoms with van der Waals surface area (Å²) in [5.41, 5.74) is 7.41. The topological polar surface area (TPSA) is 99.2 Å². The van der Waals surface area contributed by atoms with Gasteiger partial charge in [0, 0.05) is 25.2 Å². The lowest BCUT2D eigenvalue weighted by molar-refractivity contribution is -0.140. The number of aromatic nitrogens is 2. The van der Waals surface area contributed by atoms with Crippen LogP contribution in [0.2, 0.25) is 5.02 Å². The molecule has 0 fully saturated rings. The van der Waals surface area contributed by atoms with Crippen LogP contribution in [0.3, 0.4) is 0 Å². The number of carbonyl (C=O) groups is 2. The first-order valence-corrected chi connectivity index (χ1v) is 9.61. The largest absolute Gasteiger partial charge is 0.454 e. The molecule has 9 heteroatoms. The minimum atomic E-state index is -0.709. The molecule has 1 aromatic carbocycles. The van der Waals surface area contributed by atoms with E-state index in [1.807, 2.05) is 6.92 Å². The number of nitrogens with zero attached hydrogens (tertiary/aromatic N) is 2. The molecule has 29 heavy (non-hydrogen) atoms. The maximum Gasteiger partial charge on any atom is 0.344 e. The fraction of sp³-hybridized carbons (Fsp3) is 0.350. The molecule has 0 saturated carbocycles. The van der Waals surface area contributed by atoms with Crippen LogP contribution in [0.25, 0.3) is 5.57 Å². The predicted molar refractivity (Wildman–Crippen MR) is 106 cm³/mol. The van der Waals surface area contributed by atoms with Gasteiger partial charge in [0.15, 0.2) is 0 Å². The second kappa shape index (κ2) is 8.75. The highest BCUT2D eigenvalue weighted by Gasteiger charge is 2.40. The molecule has 1 aromatic heterocycles. The molecular formula is C20H22ClFN4O3. The van der Waals surface area contributed by atoms with Gasteiger partial charge in [0.25, 0.3) is 5.91 Å². The Morgan fingerprint density at radius 1 is 1.41 bits per heavy atom. The Morgan fingerprint density at radius 2 is 2.10 bits per heavy atom. The average Bonchev–Trinajstić information content (AvgIpc) is 3.20. The highest BCUT2D eigenvalue weighted by atomic mass is 35.5. The zero-order chi connectivity index (χ0) is 21.1. The van der Waals surface area contributed by atoms with Crippen molar-refractivity contribution in [3.05, 3.63) is 58.1 Å². The first-order chi connectivity index (χ1) is 13.8. The average molecular weight is 421 g/mol. The Hall–Kier alpha value is -2.71. The fourth-order valence-electron chi connectivity index (χ4n) is 3.36. The summed E-state index contributed by atoms with van der Waals surface area (Å²) in [6.45, 7) is 1.99. The molecule has 3 N–H and O–H groups in total. The number of amides is 1. The van der Waals surface area contributed by atoms with Gasteiger partial charge in [-0.15, -0.1) is 0 Å². The number of rotatable bonds is 7. The highest BCUT2D eigenvalue weighted by Crippen LogP contribution is 2.36. The van der Waals surface area contributed by atoms with Crippen LogP contribution < -0.4 is 11.1 Å². The predicted octanol–water partition coefficient (Wildman–Crippen LogP) is 1.99. The Bertz CT molecular complexity index is 936. The molecule has 1 unspecified atom stereocenters. The second-order valence-corrected chi connectivity index (χ2v) is 7.20. The second-order valence-electron chi connectivity index (χ2n) is 6.79. The number of ether oxygens (including phenoxy) is 1. The molecule has 2 atom stereocenters. The van der Waals surface area contributed by atoms with Crippen molar-refractivity contribution in [3.63, 3.8) is 0 Å². The van der Waals surface area contributed by atoms with Gasteiger partial charge < -0.3 is 15.8 Å². The normalized spacial score (nSPS) is 17.4. The van der Waals surface area contributed by atoms with Crippen LogP contribution in [0.1, 0.15) is 24.6 Å². The molecule has 2 aromatic rings. The van der Waals surface area contributed by atoms with Gasteiger partial charge in [-0.3, -0.25) is 9.48 Å². The van der Waals surface area contributed by atoms with Gasteiger partial charge in [-0.25, -0.2) is 9.18 Å². The SMILES string of the molecule is CCC1OC(=O)C(C(=O)N[C@H](CN)Cc2ccc(F)cc2)=C1c1c(Cl)cnn1C. The van der Waals surface area contributed by atoms with Gasteiger partial charge in [-0.2, -0.15) is 5.10 Å². The van der Waals surface area contributed by atoms with E-state index in [1.165, 1.54) is 23.0 Å². The quantitative estimate of drug-likeness (QED) is 0.527. The van der Waals surface area contributed by atoms with Crippen LogP contribution in [0, 0.1) is 5.82 Å². The summed E-state index contributed by atoms with van der Waals surface area (Å²) in [7, 11) is 1.68. The number of carbonyl (C=O) groups excluding carboxylic acids is 2. The third kappa shape index (κ3) is 4.33. The van der Waals surface area contributed by atoms with Crippen molar-refractivity contribution in [2.75, 3.05) is 6.54 Å². The zero-order valence-electron chi connectivity index (χ0n) is 16.1. The summed E-state index contributed by atoms with van der Waals surface area (Å²) in [6, 6.07) is 5.49. The van der Waals surface area contributed by atoms with Gasteiger partial charge in [-0.1, -0.05) is 30.7 Å². The van der Waals surface area contributed by atoms with Crippen LogP contribution >= 0.6 is 11.6 Å². The van der Waals surface area contributed by atoms with Gasteiger partial charge >= 0.3 is 5.97 Å². The molecule has 0 aliphatic carbocycles. The number of hydrogen-bond donors (Lipinski definition) is 2. The molecule has 0 bridgehead atoms. The molecule has 2 heterocycles. The molecule has 1 aliphatic heterocycles. The molecule has 3 rings (SSSR count). The summed E-state index contributed by atoms with van der Waals surface area (Å²) in [5.74, 6) is -1.64. The Morgan fingerprint density at radius 3 is 2.66 bits per heavy atom. The summed E-state index contributed by atoms with van der Waals surface area (Å²) >= 11 is 6.25. The van der Waals surface area contributed by atoms with Crippen molar-refractivity contribution >= 4 is 29.1 Å². The van der Waals surface area contributed by atoms with Gasteiger partial charge in [0.2, 0.25) is 0 Å². The lowest BCUT2D eigenvalue weighted by Gasteiger charge is -2.17. The summed E-state index contributed by atoms with van der Waals surface area (Å²) in [5, 5.41) is 7.20. The van der Waals surface area contributed by atoms with Crippen molar-refractivity contribution in [1.29, 1.82) is 0 Å². The number of nitrogens with two attached hydrogens (primary N) is 1. The van der Waals surface area contributed by atoms with E-state index in [0.717, 1.165) is 5.56 Å². The number of benzene rings is 1. The minimum absolute atomic E-state index is 0.0973. The van der Waals surface area contributed by atoms with Crippen molar-refractivity contribution in [2.24, 2.45) is 12.8 Å². The maximum atomic E-state index is 13.1. The minimum Gasteiger partial charge on any atom is -0.454 e. The first-order valence-electron chi connectivity index (χ1n) is 9.24. The Kier molecular flexibility index (Phi) is 6.34. The van der Waals surface area contributed by atoms with Gasteiger partial charge in [-0.05, 0) is 30.5 Å². The molecule has 7 nitrogen and oxygen atoms in total. The smallest absolute Gasteiger partial charge is 0.344 e.